The quantitative estimate of drug-likeness (QED) is 0.659. The minimum Gasteiger partial charge on any atom is -0.381 e. The third-order valence-corrected chi connectivity index (χ3v) is 6.34. The number of aromatic nitrogens is 4. The Morgan fingerprint density at radius 2 is 2.03 bits per heavy atom. The van der Waals surface area contributed by atoms with Crippen LogP contribution in [0.2, 0.25) is 0 Å². The number of piperazine rings is 1. The first-order valence-corrected chi connectivity index (χ1v) is 10.2. The summed E-state index contributed by atoms with van der Waals surface area (Å²) in [6.07, 6.45) is 4.61. The smallest absolute Gasteiger partial charge is 0.185 e. The number of thiazole rings is 1. The molecule has 2 aromatic heterocycles. The largest absolute Gasteiger partial charge is 0.381 e. The van der Waals surface area contributed by atoms with Gasteiger partial charge in [-0.05, 0) is 13.0 Å². The Kier molecular flexibility index (Phi) is 5.57. The topological polar surface area (TPSA) is 70.3 Å². The number of hydrogen-bond acceptors (Lipinski definition) is 7. The van der Waals surface area contributed by atoms with E-state index in [1.807, 2.05) is 12.3 Å². The van der Waals surface area contributed by atoms with Gasteiger partial charge in [-0.25, -0.2) is 23.4 Å². The van der Waals surface area contributed by atoms with Gasteiger partial charge in [0.1, 0.15) is 29.9 Å². The van der Waals surface area contributed by atoms with E-state index in [1.165, 1.54) is 23.4 Å². The van der Waals surface area contributed by atoms with Crippen LogP contribution in [0.25, 0.3) is 0 Å². The van der Waals surface area contributed by atoms with Gasteiger partial charge in [0.15, 0.2) is 5.13 Å². The van der Waals surface area contributed by atoms with Gasteiger partial charge < -0.3 is 10.0 Å². The summed E-state index contributed by atoms with van der Waals surface area (Å²) in [6.45, 7) is 4.74. The van der Waals surface area contributed by atoms with Gasteiger partial charge in [0.25, 0.3) is 0 Å². The van der Waals surface area contributed by atoms with Crippen molar-refractivity contribution in [3.8, 4) is 0 Å². The predicted molar refractivity (Wildman–Crippen MR) is 106 cm³/mol. The number of rotatable bonds is 6. The van der Waals surface area contributed by atoms with Gasteiger partial charge in [0, 0.05) is 55.4 Å². The Hall–Kier alpha value is -2.43. The van der Waals surface area contributed by atoms with Crippen LogP contribution in [0.3, 0.4) is 0 Å². The molecule has 1 fully saturated rings. The molecule has 10 heteroatoms. The molecule has 4 rings (SSSR count). The molecule has 0 amide bonds. The summed E-state index contributed by atoms with van der Waals surface area (Å²) >= 11 is 1.59. The lowest BCUT2D eigenvalue weighted by Crippen LogP contribution is -2.57. The van der Waals surface area contributed by atoms with E-state index in [-0.39, 0.29) is 12.1 Å². The minimum atomic E-state index is -1.62. The van der Waals surface area contributed by atoms with Crippen molar-refractivity contribution in [3.05, 3.63) is 59.6 Å². The highest BCUT2D eigenvalue weighted by molar-refractivity contribution is 7.13. The first-order valence-electron chi connectivity index (χ1n) is 9.36. The first-order chi connectivity index (χ1) is 14.0. The number of hydrogen-bond donors (Lipinski definition) is 1. The molecule has 1 aromatic carbocycles. The second kappa shape index (κ2) is 8.13. The summed E-state index contributed by atoms with van der Waals surface area (Å²) in [6, 6.07) is 2.83. The van der Waals surface area contributed by atoms with Gasteiger partial charge >= 0.3 is 0 Å². The lowest BCUT2D eigenvalue weighted by Gasteiger charge is -2.44. The van der Waals surface area contributed by atoms with Crippen LogP contribution in [0.4, 0.5) is 13.9 Å². The van der Waals surface area contributed by atoms with Crippen LogP contribution in [0.15, 0.2) is 42.4 Å². The molecule has 0 unspecified atom stereocenters. The number of aliphatic hydroxyl groups is 1. The Labute approximate surface area is 171 Å². The molecule has 0 aliphatic carbocycles. The summed E-state index contributed by atoms with van der Waals surface area (Å²) in [5.41, 5.74) is -1.57. The summed E-state index contributed by atoms with van der Waals surface area (Å²) in [7, 11) is 0. The van der Waals surface area contributed by atoms with Crippen molar-refractivity contribution in [2.75, 3.05) is 31.1 Å². The fourth-order valence-electron chi connectivity index (χ4n) is 3.82. The average molecular weight is 420 g/mol. The SMILES string of the molecule is C[C@@H](N1CCN(c2nccs2)CC1)[C@](O)(Cn1cncn1)c1ccc(F)cc1F. The highest BCUT2D eigenvalue weighted by Gasteiger charge is 2.42. The van der Waals surface area contributed by atoms with Crippen molar-refractivity contribution in [2.24, 2.45) is 0 Å². The molecule has 0 saturated carbocycles. The molecule has 1 saturated heterocycles. The Bertz CT molecular complexity index is 930. The maximum atomic E-state index is 14.7. The van der Waals surface area contributed by atoms with E-state index < -0.39 is 23.3 Å². The van der Waals surface area contributed by atoms with E-state index in [9.17, 15) is 13.9 Å². The van der Waals surface area contributed by atoms with Gasteiger partial charge in [-0.2, -0.15) is 5.10 Å². The molecule has 1 N–H and O–H groups in total. The summed E-state index contributed by atoms with van der Waals surface area (Å²) in [4.78, 5) is 12.6. The van der Waals surface area contributed by atoms with Crippen molar-refractivity contribution in [1.82, 2.24) is 24.6 Å². The number of benzene rings is 1. The minimum absolute atomic E-state index is 0.00339. The van der Waals surface area contributed by atoms with E-state index in [0.717, 1.165) is 30.4 Å². The van der Waals surface area contributed by atoms with Crippen molar-refractivity contribution < 1.29 is 13.9 Å². The van der Waals surface area contributed by atoms with Gasteiger partial charge in [-0.15, -0.1) is 11.3 Å². The van der Waals surface area contributed by atoms with E-state index in [1.54, 1.807) is 17.5 Å². The highest BCUT2D eigenvalue weighted by Crippen LogP contribution is 2.33. The van der Waals surface area contributed by atoms with Gasteiger partial charge in [-0.1, -0.05) is 6.07 Å². The first kappa shape index (κ1) is 19.9. The summed E-state index contributed by atoms with van der Waals surface area (Å²) in [5, 5.41) is 18.7. The fourth-order valence-corrected chi connectivity index (χ4v) is 4.52. The third kappa shape index (κ3) is 4.00. The average Bonchev–Trinajstić information content (AvgIpc) is 3.41. The van der Waals surface area contributed by atoms with Crippen molar-refractivity contribution in [1.29, 1.82) is 0 Å². The highest BCUT2D eigenvalue weighted by atomic mass is 32.1. The molecule has 7 nitrogen and oxygen atoms in total. The van der Waals surface area contributed by atoms with Crippen molar-refractivity contribution in [2.45, 2.75) is 25.1 Å². The number of anilines is 1. The predicted octanol–water partition coefficient (Wildman–Crippen LogP) is 2.11. The maximum absolute atomic E-state index is 14.7. The normalized spacial score (nSPS) is 18.6. The molecule has 0 radical (unpaired) electrons. The third-order valence-electron chi connectivity index (χ3n) is 5.51. The lowest BCUT2D eigenvalue weighted by atomic mass is 9.85. The van der Waals surface area contributed by atoms with Crippen LogP contribution in [0.5, 0.6) is 0 Å². The molecular formula is C19H22F2N6OS. The molecule has 154 valence electrons. The van der Waals surface area contributed by atoms with Crippen LogP contribution >= 0.6 is 11.3 Å². The van der Waals surface area contributed by atoms with E-state index in [0.29, 0.717) is 13.1 Å². The van der Waals surface area contributed by atoms with E-state index in [4.69, 9.17) is 0 Å². The van der Waals surface area contributed by atoms with Gasteiger partial charge in [0.2, 0.25) is 0 Å². The summed E-state index contributed by atoms with van der Waals surface area (Å²) in [5.74, 6) is -1.46. The maximum Gasteiger partial charge on any atom is 0.185 e. The lowest BCUT2D eigenvalue weighted by molar-refractivity contribution is -0.0650. The van der Waals surface area contributed by atoms with Gasteiger partial charge in [-0.3, -0.25) is 4.90 Å². The molecule has 0 bridgehead atoms. The number of halogens is 2. The molecule has 29 heavy (non-hydrogen) atoms. The molecule has 1 aliphatic heterocycles. The number of nitrogens with zero attached hydrogens (tertiary/aromatic N) is 6. The molecule has 0 spiro atoms. The molecular weight excluding hydrogens is 398 g/mol. The molecule has 2 atom stereocenters. The van der Waals surface area contributed by atoms with Crippen LogP contribution in [0.1, 0.15) is 12.5 Å². The Balaban J connectivity index is 1.59. The molecule has 1 aliphatic rings. The second-order valence-corrected chi connectivity index (χ2v) is 8.03. The van der Waals surface area contributed by atoms with Crippen LogP contribution in [-0.4, -0.2) is 62.0 Å². The molecule has 3 aromatic rings. The zero-order chi connectivity index (χ0) is 20.4. The Morgan fingerprint density at radius 1 is 1.24 bits per heavy atom. The second-order valence-electron chi connectivity index (χ2n) is 7.16. The van der Waals surface area contributed by atoms with E-state index in [2.05, 4.69) is 24.9 Å². The van der Waals surface area contributed by atoms with E-state index >= 15 is 0 Å². The molecule has 3 heterocycles. The van der Waals surface area contributed by atoms with Crippen LogP contribution in [0, 0.1) is 11.6 Å². The Morgan fingerprint density at radius 3 is 2.66 bits per heavy atom. The van der Waals surface area contributed by atoms with Crippen molar-refractivity contribution >= 4 is 16.5 Å². The standard InChI is InChI=1S/C19H22F2N6OS/c1-14(25-5-7-26(8-6-25)18-23-4-9-29-18)19(28,11-27-13-22-12-24-27)16-3-2-15(20)10-17(16)21/h2-4,9-10,12-14,28H,5-8,11H2,1H3/t14-,19-/m1/s1. The zero-order valence-electron chi connectivity index (χ0n) is 15.9. The fraction of sp³-hybridized carbons (Fsp3) is 0.421. The summed E-state index contributed by atoms with van der Waals surface area (Å²) < 4.78 is 29.6. The monoisotopic (exact) mass is 420 g/mol. The van der Waals surface area contributed by atoms with Crippen LogP contribution < -0.4 is 4.90 Å². The van der Waals surface area contributed by atoms with Crippen LogP contribution in [-0.2, 0) is 12.1 Å². The zero-order valence-corrected chi connectivity index (χ0v) is 16.8. The van der Waals surface area contributed by atoms with Gasteiger partial charge in [0.05, 0.1) is 6.54 Å². The van der Waals surface area contributed by atoms with Crippen molar-refractivity contribution in [3.63, 3.8) is 0 Å².